The highest BCUT2D eigenvalue weighted by Gasteiger charge is 2.18. The summed E-state index contributed by atoms with van der Waals surface area (Å²) in [6.45, 7) is 7.11. The van der Waals surface area contributed by atoms with Gasteiger partial charge in [-0.15, -0.1) is 0 Å². The molecule has 0 fully saturated rings. The number of benzene rings is 1. The largest absolute Gasteiger partial charge is 0.388 e. The summed E-state index contributed by atoms with van der Waals surface area (Å²) in [5.74, 6) is -1.25. The molecule has 0 saturated carbocycles. The van der Waals surface area contributed by atoms with E-state index in [0.29, 0.717) is 24.9 Å². The van der Waals surface area contributed by atoms with Crippen LogP contribution in [0.15, 0.2) is 18.2 Å². The second-order valence-electron chi connectivity index (χ2n) is 5.91. The zero-order valence-corrected chi connectivity index (χ0v) is 12.7. The van der Waals surface area contributed by atoms with Gasteiger partial charge in [0.25, 0.3) is 0 Å². The summed E-state index contributed by atoms with van der Waals surface area (Å²) in [5, 5.41) is 10.0. The molecule has 1 rings (SSSR count). The maximum absolute atomic E-state index is 13.6. The summed E-state index contributed by atoms with van der Waals surface area (Å²) in [5.41, 5.74) is 0.0370. The Hall–Kier alpha value is -1.00. The number of hydrogen-bond donors (Lipinski definition) is 1. The third-order valence-electron chi connectivity index (χ3n) is 3.66. The van der Waals surface area contributed by atoms with Crippen LogP contribution in [0.2, 0.25) is 0 Å². The molecule has 0 aliphatic rings. The van der Waals surface area contributed by atoms with Crippen LogP contribution in [0.5, 0.6) is 0 Å². The Bertz CT molecular complexity index is 423. The van der Waals surface area contributed by atoms with Gasteiger partial charge in [0, 0.05) is 18.2 Å². The number of hydrogen-bond acceptors (Lipinski definition) is 2. The van der Waals surface area contributed by atoms with E-state index in [9.17, 15) is 13.9 Å². The molecule has 20 heavy (non-hydrogen) atoms. The first-order chi connectivity index (χ1) is 9.32. The Morgan fingerprint density at radius 2 is 1.85 bits per heavy atom. The highest BCUT2D eigenvalue weighted by atomic mass is 19.2. The van der Waals surface area contributed by atoms with Gasteiger partial charge in [-0.2, -0.15) is 0 Å². The highest BCUT2D eigenvalue weighted by Crippen LogP contribution is 2.22. The van der Waals surface area contributed by atoms with Crippen LogP contribution in [0.4, 0.5) is 8.78 Å². The summed E-state index contributed by atoms with van der Waals surface area (Å²) in [6.07, 6.45) is 0.486. The van der Waals surface area contributed by atoms with Gasteiger partial charge in [-0.25, -0.2) is 8.78 Å². The fourth-order valence-electron chi connectivity index (χ4n) is 2.34. The summed E-state index contributed by atoms with van der Waals surface area (Å²) in [7, 11) is 1.99. The Labute approximate surface area is 120 Å². The molecule has 2 nitrogen and oxygen atoms in total. The Kier molecular flexibility index (Phi) is 6.56. The van der Waals surface area contributed by atoms with Crippen molar-refractivity contribution < 1.29 is 13.9 Å². The lowest BCUT2D eigenvalue weighted by atomic mass is 10.0. The van der Waals surface area contributed by atoms with Gasteiger partial charge in [0.05, 0.1) is 6.10 Å². The summed E-state index contributed by atoms with van der Waals surface area (Å²) in [4.78, 5) is 2.14. The minimum absolute atomic E-state index is 0.0370. The molecule has 0 aromatic heterocycles. The van der Waals surface area contributed by atoms with E-state index in [1.54, 1.807) is 0 Å². The van der Waals surface area contributed by atoms with E-state index in [1.807, 2.05) is 7.05 Å². The Balaban J connectivity index is 2.54. The molecular weight excluding hydrogens is 260 g/mol. The van der Waals surface area contributed by atoms with Gasteiger partial charge in [0.1, 0.15) is 0 Å². The van der Waals surface area contributed by atoms with Crippen molar-refractivity contribution in [3.05, 3.63) is 35.4 Å². The molecule has 1 aromatic carbocycles. The van der Waals surface area contributed by atoms with Crippen molar-refractivity contribution >= 4 is 0 Å². The van der Waals surface area contributed by atoms with Crippen LogP contribution in [-0.4, -0.2) is 29.6 Å². The third-order valence-corrected chi connectivity index (χ3v) is 3.66. The zero-order chi connectivity index (χ0) is 15.3. The number of aliphatic hydroxyl groups excluding tert-OH is 1. The monoisotopic (exact) mass is 285 g/mol. The lowest BCUT2D eigenvalue weighted by Crippen LogP contribution is -2.32. The average molecular weight is 285 g/mol. The predicted octanol–water partition coefficient (Wildman–Crippen LogP) is 3.75. The molecule has 114 valence electrons. The molecular formula is C16H25F2NO. The summed E-state index contributed by atoms with van der Waals surface area (Å²) in [6, 6.07) is 4.31. The van der Waals surface area contributed by atoms with Gasteiger partial charge < -0.3 is 10.0 Å². The maximum atomic E-state index is 13.6. The fourth-order valence-corrected chi connectivity index (χ4v) is 2.34. The summed E-state index contributed by atoms with van der Waals surface area (Å²) >= 11 is 0. The van der Waals surface area contributed by atoms with Gasteiger partial charge in [-0.3, -0.25) is 0 Å². The molecule has 0 heterocycles. The van der Waals surface area contributed by atoms with Crippen LogP contribution in [0.3, 0.4) is 0 Å². The zero-order valence-electron chi connectivity index (χ0n) is 12.7. The van der Waals surface area contributed by atoms with Crippen molar-refractivity contribution in [2.45, 2.75) is 45.8 Å². The topological polar surface area (TPSA) is 23.5 Å². The first-order valence-electron chi connectivity index (χ1n) is 7.15. The minimum atomic E-state index is -0.973. The second kappa shape index (κ2) is 7.70. The van der Waals surface area contributed by atoms with Crippen molar-refractivity contribution in [3.8, 4) is 0 Å². The SMILES string of the molecule is CC(C)CC(C)N(C)CCC(O)c1cccc(F)c1F. The number of nitrogens with zero attached hydrogens (tertiary/aromatic N) is 1. The van der Waals surface area contributed by atoms with Crippen molar-refractivity contribution in [2.24, 2.45) is 5.92 Å². The molecule has 0 amide bonds. The van der Waals surface area contributed by atoms with Crippen molar-refractivity contribution in [1.29, 1.82) is 0 Å². The molecule has 0 saturated heterocycles. The normalized spacial score (nSPS) is 14.8. The van der Waals surface area contributed by atoms with Gasteiger partial charge in [-0.05, 0) is 38.8 Å². The van der Waals surface area contributed by atoms with Crippen molar-refractivity contribution in [2.75, 3.05) is 13.6 Å². The number of rotatable bonds is 7. The molecule has 4 heteroatoms. The van der Waals surface area contributed by atoms with Gasteiger partial charge in [-0.1, -0.05) is 26.0 Å². The molecule has 1 N–H and O–H groups in total. The molecule has 0 bridgehead atoms. The molecule has 2 atom stereocenters. The third kappa shape index (κ3) is 4.84. The van der Waals surface area contributed by atoms with Crippen LogP contribution in [0.1, 0.15) is 45.3 Å². The maximum Gasteiger partial charge on any atom is 0.164 e. The van der Waals surface area contributed by atoms with Crippen LogP contribution >= 0.6 is 0 Å². The molecule has 1 aromatic rings. The van der Waals surface area contributed by atoms with Gasteiger partial charge in [0.2, 0.25) is 0 Å². The molecule has 0 aliphatic carbocycles. The van der Waals surface area contributed by atoms with E-state index in [-0.39, 0.29) is 5.56 Å². The van der Waals surface area contributed by atoms with Gasteiger partial charge >= 0.3 is 0 Å². The van der Waals surface area contributed by atoms with Crippen LogP contribution in [0, 0.1) is 17.6 Å². The van der Waals surface area contributed by atoms with E-state index < -0.39 is 17.7 Å². The van der Waals surface area contributed by atoms with Crippen molar-refractivity contribution in [3.63, 3.8) is 0 Å². The van der Waals surface area contributed by atoms with Crippen LogP contribution < -0.4 is 0 Å². The molecule has 0 aliphatic heterocycles. The standard InChI is InChI=1S/C16H25F2NO/c1-11(2)10-12(3)19(4)9-8-15(20)13-6-5-7-14(17)16(13)18/h5-7,11-12,15,20H,8-10H2,1-4H3. The number of aliphatic hydroxyl groups is 1. The van der Waals surface area contributed by atoms with Gasteiger partial charge in [0.15, 0.2) is 11.6 Å². The fraction of sp³-hybridized carbons (Fsp3) is 0.625. The van der Waals surface area contributed by atoms with Crippen LogP contribution in [0.25, 0.3) is 0 Å². The first kappa shape index (κ1) is 17.1. The minimum Gasteiger partial charge on any atom is -0.388 e. The lowest BCUT2D eigenvalue weighted by molar-refractivity contribution is 0.130. The predicted molar refractivity (Wildman–Crippen MR) is 77.5 cm³/mol. The Morgan fingerprint density at radius 1 is 1.20 bits per heavy atom. The molecule has 0 radical (unpaired) electrons. The number of halogens is 2. The smallest absolute Gasteiger partial charge is 0.164 e. The quantitative estimate of drug-likeness (QED) is 0.824. The van der Waals surface area contributed by atoms with E-state index in [2.05, 4.69) is 25.7 Å². The van der Waals surface area contributed by atoms with E-state index in [4.69, 9.17) is 0 Å². The highest BCUT2D eigenvalue weighted by molar-refractivity contribution is 5.21. The second-order valence-corrected chi connectivity index (χ2v) is 5.91. The average Bonchev–Trinajstić information content (AvgIpc) is 2.37. The van der Waals surface area contributed by atoms with E-state index in [0.717, 1.165) is 12.5 Å². The first-order valence-corrected chi connectivity index (χ1v) is 7.15. The van der Waals surface area contributed by atoms with Crippen LogP contribution in [-0.2, 0) is 0 Å². The van der Waals surface area contributed by atoms with E-state index in [1.165, 1.54) is 12.1 Å². The van der Waals surface area contributed by atoms with Crippen molar-refractivity contribution in [1.82, 2.24) is 4.90 Å². The summed E-state index contributed by atoms with van der Waals surface area (Å²) < 4.78 is 26.7. The molecule has 2 unspecified atom stereocenters. The Morgan fingerprint density at radius 3 is 2.45 bits per heavy atom. The van der Waals surface area contributed by atoms with E-state index >= 15 is 0 Å². The lowest BCUT2D eigenvalue weighted by Gasteiger charge is -2.27. The molecule has 0 spiro atoms.